The molecule has 0 unspecified atom stereocenters. The Morgan fingerprint density at radius 1 is 1.69 bits per heavy atom. The highest BCUT2D eigenvalue weighted by Gasteiger charge is 2.25. The van der Waals surface area contributed by atoms with Crippen molar-refractivity contribution < 1.29 is 9.53 Å². The highest BCUT2D eigenvalue weighted by Crippen LogP contribution is 2.18. The molecular formula is C9H18N2O2. The van der Waals surface area contributed by atoms with E-state index in [2.05, 4.69) is 4.74 Å². The summed E-state index contributed by atoms with van der Waals surface area (Å²) in [5.74, 6) is 0.424. The predicted octanol–water partition coefficient (Wildman–Crippen LogP) is 0.812. The van der Waals surface area contributed by atoms with Gasteiger partial charge in [-0.2, -0.15) is 0 Å². The highest BCUT2D eigenvalue weighted by atomic mass is 16.5. The molecule has 1 rings (SSSR count). The Hall–Kier alpha value is -0.770. The standard InChI is InChI=1S/C9H18N2O2/c1-7(10)8-4-3-5-11(6-8)9(12)13-2/h7-8H,3-6,10H2,1-2H3/t7-,8+/m1/s1. The van der Waals surface area contributed by atoms with Gasteiger partial charge in [0.2, 0.25) is 0 Å². The van der Waals surface area contributed by atoms with Gasteiger partial charge in [-0.05, 0) is 25.7 Å². The van der Waals surface area contributed by atoms with E-state index in [9.17, 15) is 4.79 Å². The molecule has 0 bridgehead atoms. The van der Waals surface area contributed by atoms with Crippen molar-refractivity contribution in [2.24, 2.45) is 11.7 Å². The minimum Gasteiger partial charge on any atom is -0.453 e. The van der Waals surface area contributed by atoms with Crippen LogP contribution in [0.2, 0.25) is 0 Å². The molecule has 0 saturated carbocycles. The summed E-state index contributed by atoms with van der Waals surface area (Å²) in [6.07, 6.45) is 1.91. The number of nitrogens with two attached hydrogens (primary N) is 1. The largest absolute Gasteiger partial charge is 0.453 e. The number of hydrogen-bond acceptors (Lipinski definition) is 3. The van der Waals surface area contributed by atoms with Crippen LogP contribution in [0.1, 0.15) is 19.8 Å². The van der Waals surface area contributed by atoms with Crippen molar-refractivity contribution in [3.05, 3.63) is 0 Å². The molecule has 0 radical (unpaired) electrons. The van der Waals surface area contributed by atoms with E-state index in [0.29, 0.717) is 5.92 Å². The van der Waals surface area contributed by atoms with E-state index in [1.54, 1.807) is 4.90 Å². The molecule has 0 aromatic rings. The fourth-order valence-corrected chi connectivity index (χ4v) is 1.73. The van der Waals surface area contributed by atoms with Crippen molar-refractivity contribution >= 4 is 6.09 Å². The lowest BCUT2D eigenvalue weighted by atomic mass is 9.92. The first-order chi connectivity index (χ1) is 6.15. The maximum atomic E-state index is 11.2. The van der Waals surface area contributed by atoms with Gasteiger partial charge in [-0.3, -0.25) is 0 Å². The van der Waals surface area contributed by atoms with Gasteiger partial charge in [0.1, 0.15) is 0 Å². The molecule has 1 heterocycles. The molecule has 0 spiro atoms. The van der Waals surface area contributed by atoms with Gasteiger partial charge in [-0.1, -0.05) is 0 Å². The summed E-state index contributed by atoms with van der Waals surface area (Å²) in [6.45, 7) is 3.53. The molecule has 4 nitrogen and oxygen atoms in total. The number of likely N-dealkylation sites (tertiary alicyclic amines) is 1. The summed E-state index contributed by atoms with van der Waals surface area (Å²) in [4.78, 5) is 12.9. The Morgan fingerprint density at radius 2 is 2.38 bits per heavy atom. The van der Waals surface area contributed by atoms with Crippen LogP contribution in [0, 0.1) is 5.92 Å². The smallest absolute Gasteiger partial charge is 0.409 e. The van der Waals surface area contributed by atoms with Crippen LogP contribution in [0.5, 0.6) is 0 Å². The van der Waals surface area contributed by atoms with Crippen molar-refractivity contribution in [2.45, 2.75) is 25.8 Å². The van der Waals surface area contributed by atoms with Gasteiger partial charge in [0.25, 0.3) is 0 Å². The van der Waals surface area contributed by atoms with Crippen molar-refractivity contribution in [1.82, 2.24) is 4.90 Å². The second-order valence-electron chi connectivity index (χ2n) is 3.68. The zero-order chi connectivity index (χ0) is 9.84. The Bertz CT molecular complexity index is 182. The molecule has 2 N–H and O–H groups in total. The van der Waals surface area contributed by atoms with Crippen LogP contribution in [0.4, 0.5) is 4.79 Å². The van der Waals surface area contributed by atoms with E-state index in [1.165, 1.54) is 7.11 Å². The van der Waals surface area contributed by atoms with E-state index in [0.717, 1.165) is 25.9 Å². The zero-order valence-electron chi connectivity index (χ0n) is 8.32. The summed E-state index contributed by atoms with van der Waals surface area (Å²) < 4.78 is 4.66. The summed E-state index contributed by atoms with van der Waals surface area (Å²) in [7, 11) is 1.41. The number of hydrogen-bond donors (Lipinski definition) is 1. The topological polar surface area (TPSA) is 55.6 Å². The summed E-state index contributed by atoms with van der Waals surface area (Å²) >= 11 is 0. The molecule has 0 aliphatic carbocycles. The Kier molecular flexibility index (Phi) is 3.54. The van der Waals surface area contributed by atoms with Crippen LogP contribution in [0.15, 0.2) is 0 Å². The van der Waals surface area contributed by atoms with Gasteiger partial charge in [-0.25, -0.2) is 4.79 Å². The molecule has 1 fully saturated rings. The van der Waals surface area contributed by atoms with E-state index in [-0.39, 0.29) is 12.1 Å². The van der Waals surface area contributed by atoms with E-state index >= 15 is 0 Å². The maximum absolute atomic E-state index is 11.2. The van der Waals surface area contributed by atoms with Crippen LogP contribution in [-0.4, -0.2) is 37.2 Å². The molecule has 13 heavy (non-hydrogen) atoms. The fraction of sp³-hybridized carbons (Fsp3) is 0.889. The van der Waals surface area contributed by atoms with E-state index in [1.807, 2.05) is 6.92 Å². The molecule has 2 atom stereocenters. The van der Waals surface area contributed by atoms with Crippen LogP contribution in [-0.2, 0) is 4.74 Å². The molecule has 1 aliphatic rings. The van der Waals surface area contributed by atoms with Crippen LogP contribution >= 0.6 is 0 Å². The van der Waals surface area contributed by atoms with Gasteiger partial charge in [0.15, 0.2) is 0 Å². The predicted molar refractivity (Wildman–Crippen MR) is 50.4 cm³/mol. The first kappa shape index (κ1) is 10.3. The Labute approximate surface area is 79.0 Å². The number of amides is 1. The molecule has 0 aromatic carbocycles. The molecule has 4 heteroatoms. The highest BCUT2D eigenvalue weighted by molar-refractivity contribution is 5.67. The summed E-state index contributed by atoms with van der Waals surface area (Å²) in [5.41, 5.74) is 5.79. The Morgan fingerprint density at radius 3 is 2.92 bits per heavy atom. The number of methoxy groups -OCH3 is 1. The van der Waals surface area contributed by atoms with Gasteiger partial charge in [0, 0.05) is 19.1 Å². The number of carbonyl (C=O) groups excluding carboxylic acids is 1. The molecule has 1 saturated heterocycles. The number of piperidine rings is 1. The van der Waals surface area contributed by atoms with Gasteiger partial charge >= 0.3 is 6.09 Å². The molecule has 76 valence electrons. The lowest BCUT2D eigenvalue weighted by Gasteiger charge is -2.33. The van der Waals surface area contributed by atoms with Gasteiger partial charge in [-0.15, -0.1) is 0 Å². The van der Waals surface area contributed by atoms with Crippen molar-refractivity contribution in [2.75, 3.05) is 20.2 Å². The first-order valence-corrected chi connectivity index (χ1v) is 4.73. The van der Waals surface area contributed by atoms with Crippen molar-refractivity contribution in [1.29, 1.82) is 0 Å². The second-order valence-corrected chi connectivity index (χ2v) is 3.68. The van der Waals surface area contributed by atoms with Gasteiger partial charge < -0.3 is 15.4 Å². The summed E-state index contributed by atoms with van der Waals surface area (Å²) in [6, 6.07) is 0.160. The van der Waals surface area contributed by atoms with Crippen molar-refractivity contribution in [3.8, 4) is 0 Å². The van der Waals surface area contributed by atoms with Crippen LogP contribution < -0.4 is 5.73 Å². The van der Waals surface area contributed by atoms with Crippen molar-refractivity contribution in [3.63, 3.8) is 0 Å². The lowest BCUT2D eigenvalue weighted by molar-refractivity contribution is 0.0986. The van der Waals surface area contributed by atoms with E-state index in [4.69, 9.17) is 5.73 Å². The lowest BCUT2D eigenvalue weighted by Crippen LogP contribution is -2.44. The number of ether oxygens (including phenoxy) is 1. The number of nitrogens with zero attached hydrogens (tertiary/aromatic N) is 1. The zero-order valence-corrected chi connectivity index (χ0v) is 8.32. The first-order valence-electron chi connectivity index (χ1n) is 4.73. The number of rotatable bonds is 1. The average Bonchev–Trinajstić information content (AvgIpc) is 2.17. The third-order valence-electron chi connectivity index (χ3n) is 2.63. The van der Waals surface area contributed by atoms with Gasteiger partial charge in [0.05, 0.1) is 7.11 Å². The molecule has 0 aromatic heterocycles. The quantitative estimate of drug-likeness (QED) is 0.659. The summed E-state index contributed by atoms with van der Waals surface area (Å²) in [5, 5.41) is 0. The Balaban J connectivity index is 2.46. The molecule has 1 aliphatic heterocycles. The third-order valence-corrected chi connectivity index (χ3v) is 2.63. The third kappa shape index (κ3) is 2.59. The number of carbonyl (C=O) groups is 1. The van der Waals surface area contributed by atoms with Crippen LogP contribution in [0.3, 0.4) is 0 Å². The minimum absolute atomic E-state index is 0.160. The maximum Gasteiger partial charge on any atom is 0.409 e. The fourth-order valence-electron chi connectivity index (χ4n) is 1.73. The average molecular weight is 186 g/mol. The van der Waals surface area contributed by atoms with E-state index < -0.39 is 0 Å². The molecular weight excluding hydrogens is 168 g/mol. The van der Waals surface area contributed by atoms with Crippen LogP contribution in [0.25, 0.3) is 0 Å². The normalized spacial score (nSPS) is 25.5. The second kappa shape index (κ2) is 4.46. The monoisotopic (exact) mass is 186 g/mol. The minimum atomic E-state index is -0.231. The SMILES string of the molecule is COC(=O)N1CCC[C@H]([C@@H](C)N)C1. The molecule has 1 amide bonds.